The van der Waals surface area contributed by atoms with E-state index >= 15 is 0 Å². The van der Waals surface area contributed by atoms with Crippen LogP contribution in [0.2, 0.25) is 0 Å². The highest BCUT2D eigenvalue weighted by molar-refractivity contribution is 7.07. The third-order valence-electron chi connectivity index (χ3n) is 3.17. The molecule has 0 aliphatic heterocycles. The number of nitrogens with one attached hydrogen (secondary N) is 2. The summed E-state index contributed by atoms with van der Waals surface area (Å²) in [5, 5.41) is 18.4. The molecule has 118 valence electrons. The number of benzene rings is 1. The summed E-state index contributed by atoms with van der Waals surface area (Å²) in [6, 6.07) is 9.27. The van der Waals surface area contributed by atoms with Crippen LogP contribution in [0.5, 0.6) is 0 Å². The van der Waals surface area contributed by atoms with E-state index in [2.05, 4.69) is 10.6 Å². The van der Waals surface area contributed by atoms with Crippen LogP contribution in [0.4, 0.5) is 10.5 Å². The summed E-state index contributed by atoms with van der Waals surface area (Å²) < 4.78 is 5.57. The van der Waals surface area contributed by atoms with E-state index in [0.717, 1.165) is 16.8 Å². The van der Waals surface area contributed by atoms with E-state index in [0.29, 0.717) is 6.54 Å². The maximum absolute atomic E-state index is 12.0. The van der Waals surface area contributed by atoms with E-state index in [1.54, 1.807) is 11.3 Å². The molecule has 1 aromatic heterocycles. The van der Waals surface area contributed by atoms with Crippen molar-refractivity contribution in [1.82, 2.24) is 5.32 Å². The van der Waals surface area contributed by atoms with Crippen LogP contribution in [0.15, 0.2) is 41.1 Å². The number of rotatable bonds is 7. The first-order valence-corrected chi connectivity index (χ1v) is 8.00. The molecule has 1 aromatic carbocycles. The van der Waals surface area contributed by atoms with Gasteiger partial charge in [-0.25, -0.2) is 4.79 Å². The fourth-order valence-electron chi connectivity index (χ4n) is 1.99. The average molecular weight is 320 g/mol. The second-order valence-corrected chi connectivity index (χ2v) is 5.57. The van der Waals surface area contributed by atoms with Crippen molar-refractivity contribution in [2.24, 2.45) is 0 Å². The van der Waals surface area contributed by atoms with Gasteiger partial charge in [-0.2, -0.15) is 11.3 Å². The van der Waals surface area contributed by atoms with Gasteiger partial charge >= 0.3 is 6.03 Å². The Morgan fingerprint density at radius 3 is 2.86 bits per heavy atom. The molecule has 1 heterocycles. The summed E-state index contributed by atoms with van der Waals surface area (Å²) in [4.78, 5) is 12.0. The number of urea groups is 1. The van der Waals surface area contributed by atoms with Gasteiger partial charge in [0.1, 0.15) is 6.10 Å². The molecule has 0 fully saturated rings. The molecule has 2 amide bonds. The summed E-state index contributed by atoms with van der Waals surface area (Å²) in [5.74, 6) is 0. The van der Waals surface area contributed by atoms with Crippen LogP contribution in [0, 0.1) is 6.92 Å². The number of aliphatic hydroxyl groups is 1. The van der Waals surface area contributed by atoms with Gasteiger partial charge in [-0.3, -0.25) is 0 Å². The largest absolute Gasteiger partial charge is 0.394 e. The Labute approximate surface area is 133 Å². The molecule has 0 aliphatic rings. The molecule has 0 saturated heterocycles. The average Bonchev–Trinajstić information content (AvgIpc) is 3.04. The number of aliphatic hydroxyl groups excluding tert-OH is 1. The van der Waals surface area contributed by atoms with Gasteiger partial charge in [0.25, 0.3) is 0 Å². The fourth-order valence-corrected chi connectivity index (χ4v) is 2.69. The zero-order valence-corrected chi connectivity index (χ0v) is 13.2. The summed E-state index contributed by atoms with van der Waals surface area (Å²) in [7, 11) is 0. The standard InChI is InChI=1S/C16H20N2O3S/c1-12-4-2-3-5-14(12)18-16(20)17-10-15(21-8-7-19)13-6-9-22-11-13/h2-6,9,11,15,19H,7-8,10H2,1H3,(H2,17,18,20)/t15-/m1/s1. The maximum atomic E-state index is 12.0. The molecule has 0 bridgehead atoms. The first-order chi connectivity index (χ1) is 10.7. The molecule has 0 aliphatic carbocycles. The summed E-state index contributed by atoms with van der Waals surface area (Å²) >= 11 is 1.57. The lowest BCUT2D eigenvalue weighted by molar-refractivity contribution is 0.0299. The lowest BCUT2D eigenvalue weighted by Gasteiger charge is -2.18. The van der Waals surface area contributed by atoms with Gasteiger partial charge in [0.15, 0.2) is 0 Å². The van der Waals surface area contributed by atoms with Crippen molar-refractivity contribution >= 4 is 23.1 Å². The second kappa shape index (κ2) is 8.53. The molecule has 0 saturated carbocycles. The Kier molecular flexibility index (Phi) is 6.39. The second-order valence-electron chi connectivity index (χ2n) is 4.79. The molecule has 0 unspecified atom stereocenters. The monoisotopic (exact) mass is 320 g/mol. The molecule has 2 rings (SSSR count). The molecule has 6 heteroatoms. The SMILES string of the molecule is Cc1ccccc1NC(=O)NC[C@@H](OCCO)c1ccsc1. The molecule has 0 radical (unpaired) electrons. The van der Waals surface area contributed by atoms with Crippen molar-refractivity contribution in [3.63, 3.8) is 0 Å². The predicted octanol–water partition coefficient (Wildman–Crippen LogP) is 2.93. The molecule has 0 spiro atoms. The number of aryl methyl sites for hydroxylation is 1. The number of ether oxygens (including phenoxy) is 1. The van der Waals surface area contributed by atoms with E-state index in [9.17, 15) is 4.79 Å². The predicted molar refractivity (Wildman–Crippen MR) is 88.3 cm³/mol. The zero-order chi connectivity index (χ0) is 15.8. The quantitative estimate of drug-likeness (QED) is 0.734. The van der Waals surface area contributed by atoms with E-state index in [1.807, 2.05) is 48.0 Å². The van der Waals surface area contributed by atoms with Crippen LogP contribution in [0.25, 0.3) is 0 Å². The van der Waals surface area contributed by atoms with E-state index in [4.69, 9.17) is 9.84 Å². The van der Waals surface area contributed by atoms with E-state index in [1.165, 1.54) is 0 Å². The topological polar surface area (TPSA) is 70.6 Å². The first-order valence-electron chi connectivity index (χ1n) is 7.05. The Hall–Kier alpha value is -1.89. The van der Waals surface area contributed by atoms with E-state index in [-0.39, 0.29) is 25.3 Å². The minimum Gasteiger partial charge on any atom is -0.394 e. The molecule has 22 heavy (non-hydrogen) atoms. The molecular weight excluding hydrogens is 300 g/mol. The summed E-state index contributed by atoms with van der Waals surface area (Å²) in [6.45, 7) is 2.47. The molecule has 5 nitrogen and oxygen atoms in total. The third kappa shape index (κ3) is 4.84. The number of hydrogen-bond donors (Lipinski definition) is 3. The van der Waals surface area contributed by atoms with Crippen LogP contribution >= 0.6 is 11.3 Å². The zero-order valence-electron chi connectivity index (χ0n) is 12.4. The summed E-state index contributed by atoms with van der Waals surface area (Å²) in [6.07, 6.45) is -0.263. The van der Waals surface area contributed by atoms with Crippen molar-refractivity contribution in [3.05, 3.63) is 52.2 Å². The highest BCUT2D eigenvalue weighted by Crippen LogP contribution is 2.19. The molecule has 2 aromatic rings. The van der Waals surface area contributed by atoms with Crippen LogP contribution in [-0.4, -0.2) is 30.9 Å². The van der Waals surface area contributed by atoms with Gasteiger partial charge in [0, 0.05) is 12.2 Å². The third-order valence-corrected chi connectivity index (χ3v) is 3.87. The number of hydrogen-bond acceptors (Lipinski definition) is 4. The Balaban J connectivity index is 1.89. The fraction of sp³-hybridized carbons (Fsp3) is 0.312. The van der Waals surface area contributed by atoms with Gasteiger partial charge in [-0.1, -0.05) is 18.2 Å². The van der Waals surface area contributed by atoms with Crippen molar-refractivity contribution in [3.8, 4) is 0 Å². The van der Waals surface area contributed by atoms with Gasteiger partial charge in [-0.05, 0) is 40.9 Å². The van der Waals surface area contributed by atoms with E-state index < -0.39 is 0 Å². The Bertz CT molecular complexity index is 587. The van der Waals surface area contributed by atoms with Gasteiger partial charge < -0.3 is 20.5 Å². The molecule has 3 N–H and O–H groups in total. The maximum Gasteiger partial charge on any atom is 0.319 e. The van der Waals surface area contributed by atoms with Crippen LogP contribution < -0.4 is 10.6 Å². The van der Waals surface area contributed by atoms with Crippen molar-refractivity contribution < 1.29 is 14.6 Å². The van der Waals surface area contributed by atoms with Crippen LogP contribution in [0.3, 0.4) is 0 Å². The Morgan fingerprint density at radius 1 is 1.36 bits per heavy atom. The van der Waals surface area contributed by atoms with Crippen molar-refractivity contribution in [2.75, 3.05) is 25.1 Å². The minimum absolute atomic E-state index is 0.0456. The minimum atomic E-state index is -0.276. The van der Waals surface area contributed by atoms with Crippen LogP contribution in [-0.2, 0) is 4.74 Å². The van der Waals surface area contributed by atoms with Crippen molar-refractivity contribution in [2.45, 2.75) is 13.0 Å². The molecular formula is C16H20N2O3S. The highest BCUT2D eigenvalue weighted by atomic mass is 32.1. The van der Waals surface area contributed by atoms with Crippen molar-refractivity contribution in [1.29, 1.82) is 0 Å². The number of carbonyl (C=O) groups excluding carboxylic acids is 1. The number of para-hydroxylation sites is 1. The number of amides is 2. The highest BCUT2D eigenvalue weighted by Gasteiger charge is 2.14. The lowest BCUT2D eigenvalue weighted by Crippen LogP contribution is -2.33. The smallest absolute Gasteiger partial charge is 0.319 e. The number of carbonyl (C=O) groups is 1. The number of thiophene rings is 1. The van der Waals surface area contributed by atoms with Crippen LogP contribution in [0.1, 0.15) is 17.2 Å². The van der Waals surface area contributed by atoms with Gasteiger partial charge in [0.05, 0.1) is 13.2 Å². The lowest BCUT2D eigenvalue weighted by atomic mass is 10.2. The summed E-state index contributed by atoms with van der Waals surface area (Å²) in [5.41, 5.74) is 2.78. The normalized spacial score (nSPS) is 11.9. The Morgan fingerprint density at radius 2 is 2.18 bits per heavy atom. The first kappa shape index (κ1) is 16.5. The van der Waals surface area contributed by atoms with Gasteiger partial charge in [-0.15, -0.1) is 0 Å². The number of anilines is 1. The van der Waals surface area contributed by atoms with Gasteiger partial charge in [0.2, 0.25) is 0 Å². The molecule has 1 atom stereocenters.